The first kappa shape index (κ1) is 16.2. The van der Waals surface area contributed by atoms with Gasteiger partial charge >= 0.3 is 0 Å². The topological polar surface area (TPSA) is 44.5 Å². The van der Waals surface area contributed by atoms with E-state index in [-0.39, 0.29) is 0 Å². The fourth-order valence-electron chi connectivity index (χ4n) is 3.17. The SMILES string of the molecule is CC1CC(C)CC(OCCOc2ccccc2C(N)=S)C1. The summed E-state index contributed by atoms with van der Waals surface area (Å²) in [6, 6.07) is 7.59. The summed E-state index contributed by atoms with van der Waals surface area (Å²) >= 11 is 5.02. The van der Waals surface area contributed by atoms with Crippen LogP contribution in [0.4, 0.5) is 0 Å². The molecule has 1 aliphatic carbocycles. The largest absolute Gasteiger partial charge is 0.490 e. The predicted octanol–water partition coefficient (Wildman–Crippen LogP) is 3.54. The van der Waals surface area contributed by atoms with Crippen molar-refractivity contribution >= 4 is 17.2 Å². The highest BCUT2D eigenvalue weighted by Gasteiger charge is 2.24. The molecule has 1 aromatic rings. The van der Waals surface area contributed by atoms with Crippen LogP contribution in [0.2, 0.25) is 0 Å². The Morgan fingerprint density at radius 2 is 1.81 bits per heavy atom. The van der Waals surface area contributed by atoms with Crippen LogP contribution in [0.15, 0.2) is 24.3 Å². The van der Waals surface area contributed by atoms with Gasteiger partial charge in [0, 0.05) is 0 Å². The first-order valence-corrected chi connectivity index (χ1v) is 8.10. The Morgan fingerprint density at radius 3 is 2.48 bits per heavy atom. The van der Waals surface area contributed by atoms with E-state index in [9.17, 15) is 0 Å². The van der Waals surface area contributed by atoms with Gasteiger partial charge in [-0.2, -0.15) is 0 Å². The highest BCUT2D eigenvalue weighted by Crippen LogP contribution is 2.30. The molecule has 21 heavy (non-hydrogen) atoms. The molecule has 3 nitrogen and oxygen atoms in total. The quantitative estimate of drug-likeness (QED) is 0.645. The van der Waals surface area contributed by atoms with E-state index < -0.39 is 0 Å². The summed E-state index contributed by atoms with van der Waals surface area (Å²) in [5, 5.41) is 0. The van der Waals surface area contributed by atoms with Gasteiger partial charge in [-0.3, -0.25) is 0 Å². The van der Waals surface area contributed by atoms with Gasteiger partial charge in [0.25, 0.3) is 0 Å². The molecule has 1 saturated carbocycles. The fraction of sp³-hybridized carbons (Fsp3) is 0.588. The molecule has 0 bridgehead atoms. The van der Waals surface area contributed by atoms with Crippen molar-refractivity contribution in [2.45, 2.75) is 39.2 Å². The maximum atomic E-state index is 5.96. The first-order chi connectivity index (χ1) is 10.1. The second kappa shape index (κ2) is 7.76. The summed E-state index contributed by atoms with van der Waals surface area (Å²) < 4.78 is 11.7. The molecule has 4 heteroatoms. The van der Waals surface area contributed by atoms with E-state index in [1.807, 2.05) is 24.3 Å². The highest BCUT2D eigenvalue weighted by atomic mass is 32.1. The summed E-state index contributed by atoms with van der Waals surface area (Å²) in [4.78, 5) is 0.362. The van der Waals surface area contributed by atoms with Gasteiger partial charge in [0.05, 0.1) is 18.3 Å². The van der Waals surface area contributed by atoms with Crippen LogP contribution in [0.3, 0.4) is 0 Å². The van der Waals surface area contributed by atoms with Crippen LogP contribution in [0.1, 0.15) is 38.7 Å². The molecule has 2 unspecified atom stereocenters. The molecule has 2 rings (SSSR count). The maximum Gasteiger partial charge on any atom is 0.129 e. The zero-order chi connectivity index (χ0) is 15.2. The zero-order valence-electron chi connectivity index (χ0n) is 12.9. The van der Waals surface area contributed by atoms with E-state index in [0.29, 0.717) is 24.3 Å². The Morgan fingerprint density at radius 1 is 1.14 bits per heavy atom. The molecule has 0 spiro atoms. The molecule has 0 aromatic heterocycles. The molecule has 0 aliphatic heterocycles. The summed E-state index contributed by atoms with van der Waals surface area (Å²) in [6.45, 7) is 5.75. The standard InChI is InChI=1S/C17H25NO2S/c1-12-9-13(2)11-14(10-12)19-7-8-20-16-6-4-3-5-15(16)17(18)21/h3-6,12-14H,7-11H2,1-2H3,(H2,18,21). The lowest BCUT2D eigenvalue weighted by atomic mass is 9.82. The molecule has 1 fully saturated rings. The second-order valence-electron chi connectivity index (χ2n) is 6.12. The number of hydrogen-bond donors (Lipinski definition) is 1. The van der Waals surface area contributed by atoms with E-state index in [2.05, 4.69) is 13.8 Å². The Hall–Kier alpha value is -1.13. The number of benzene rings is 1. The van der Waals surface area contributed by atoms with Gasteiger partial charge in [0.1, 0.15) is 17.3 Å². The van der Waals surface area contributed by atoms with Crippen LogP contribution >= 0.6 is 12.2 Å². The molecule has 2 N–H and O–H groups in total. The third kappa shape index (κ3) is 4.97. The third-order valence-electron chi connectivity index (χ3n) is 3.98. The third-order valence-corrected chi connectivity index (χ3v) is 4.20. The lowest BCUT2D eigenvalue weighted by Crippen LogP contribution is -2.27. The molecule has 2 atom stereocenters. The minimum Gasteiger partial charge on any atom is -0.490 e. The van der Waals surface area contributed by atoms with E-state index in [4.69, 9.17) is 27.4 Å². The first-order valence-electron chi connectivity index (χ1n) is 7.69. The van der Waals surface area contributed by atoms with Crippen molar-refractivity contribution in [3.63, 3.8) is 0 Å². The number of ether oxygens (including phenoxy) is 2. The van der Waals surface area contributed by atoms with Crippen LogP contribution in [0.5, 0.6) is 5.75 Å². The van der Waals surface area contributed by atoms with Crippen molar-refractivity contribution in [1.29, 1.82) is 0 Å². The lowest BCUT2D eigenvalue weighted by Gasteiger charge is -2.31. The van der Waals surface area contributed by atoms with Crippen molar-refractivity contribution in [3.8, 4) is 5.75 Å². The fourth-order valence-corrected chi connectivity index (χ4v) is 3.34. The van der Waals surface area contributed by atoms with E-state index in [1.165, 1.54) is 6.42 Å². The van der Waals surface area contributed by atoms with Crippen molar-refractivity contribution in [1.82, 2.24) is 0 Å². The Bertz CT molecular complexity index is 468. The summed E-state index contributed by atoms with van der Waals surface area (Å²) in [5.74, 6) is 2.25. The number of thiocarbonyl (C=S) groups is 1. The lowest BCUT2D eigenvalue weighted by molar-refractivity contribution is -0.0107. The molecule has 0 amide bonds. The molecule has 1 aliphatic rings. The van der Waals surface area contributed by atoms with Gasteiger partial charge in [-0.15, -0.1) is 0 Å². The number of hydrogen-bond acceptors (Lipinski definition) is 3. The van der Waals surface area contributed by atoms with Crippen LogP contribution in [0.25, 0.3) is 0 Å². The summed E-state index contributed by atoms with van der Waals surface area (Å²) in [7, 11) is 0. The summed E-state index contributed by atoms with van der Waals surface area (Å²) in [6.07, 6.45) is 4.01. The van der Waals surface area contributed by atoms with Crippen molar-refractivity contribution in [3.05, 3.63) is 29.8 Å². The smallest absolute Gasteiger partial charge is 0.129 e. The molecule has 1 aromatic carbocycles. The Labute approximate surface area is 132 Å². The molecule has 0 saturated heterocycles. The van der Waals surface area contributed by atoms with E-state index in [0.717, 1.165) is 36.0 Å². The van der Waals surface area contributed by atoms with Gasteiger partial charge in [0.15, 0.2) is 0 Å². The zero-order valence-corrected chi connectivity index (χ0v) is 13.7. The minimum atomic E-state index is 0.362. The normalized spacial score (nSPS) is 25.5. The average molecular weight is 307 g/mol. The van der Waals surface area contributed by atoms with Crippen LogP contribution < -0.4 is 10.5 Å². The van der Waals surface area contributed by atoms with Gasteiger partial charge in [0.2, 0.25) is 0 Å². The maximum absolute atomic E-state index is 5.96. The van der Waals surface area contributed by atoms with Crippen LogP contribution in [-0.2, 0) is 4.74 Å². The monoisotopic (exact) mass is 307 g/mol. The molecule has 116 valence electrons. The van der Waals surface area contributed by atoms with Gasteiger partial charge in [-0.1, -0.05) is 38.2 Å². The number of rotatable bonds is 6. The van der Waals surface area contributed by atoms with Gasteiger partial charge < -0.3 is 15.2 Å². The molecular weight excluding hydrogens is 282 g/mol. The number of nitrogens with two attached hydrogens (primary N) is 1. The van der Waals surface area contributed by atoms with Crippen LogP contribution in [-0.4, -0.2) is 24.3 Å². The van der Waals surface area contributed by atoms with Crippen LogP contribution in [0, 0.1) is 11.8 Å². The average Bonchev–Trinajstić information content (AvgIpc) is 2.43. The molecule has 0 heterocycles. The van der Waals surface area contributed by atoms with E-state index >= 15 is 0 Å². The predicted molar refractivity (Wildman–Crippen MR) is 89.7 cm³/mol. The molecular formula is C17H25NO2S. The molecule has 0 radical (unpaired) electrons. The minimum absolute atomic E-state index is 0.362. The van der Waals surface area contributed by atoms with Gasteiger partial charge in [-0.05, 0) is 43.2 Å². The Kier molecular flexibility index (Phi) is 6.00. The number of para-hydroxylation sites is 1. The van der Waals surface area contributed by atoms with E-state index in [1.54, 1.807) is 0 Å². The van der Waals surface area contributed by atoms with Crippen molar-refractivity contribution in [2.75, 3.05) is 13.2 Å². The van der Waals surface area contributed by atoms with Gasteiger partial charge in [-0.25, -0.2) is 0 Å². The summed E-state index contributed by atoms with van der Waals surface area (Å²) in [5.41, 5.74) is 6.47. The second-order valence-corrected chi connectivity index (χ2v) is 6.56. The highest BCUT2D eigenvalue weighted by molar-refractivity contribution is 7.80. The van der Waals surface area contributed by atoms with Crippen molar-refractivity contribution < 1.29 is 9.47 Å². The Balaban J connectivity index is 1.76. The van der Waals surface area contributed by atoms with Crippen molar-refractivity contribution in [2.24, 2.45) is 17.6 Å².